The first kappa shape index (κ1) is 14.9. The van der Waals surface area contributed by atoms with E-state index in [1.165, 1.54) is 0 Å². The molecule has 2 heterocycles. The number of amides is 2. The molecular formula is C13H21N3O4. The molecule has 0 aliphatic carbocycles. The fourth-order valence-electron chi connectivity index (χ4n) is 2.11. The van der Waals surface area contributed by atoms with Gasteiger partial charge in [-0.15, -0.1) is 0 Å². The van der Waals surface area contributed by atoms with Gasteiger partial charge in [0.2, 0.25) is 5.91 Å². The Morgan fingerprint density at radius 3 is 3.10 bits per heavy atom. The van der Waals surface area contributed by atoms with Crippen LogP contribution in [0.15, 0.2) is 5.10 Å². The van der Waals surface area contributed by atoms with Gasteiger partial charge in [-0.2, -0.15) is 5.10 Å². The lowest BCUT2D eigenvalue weighted by molar-refractivity contribution is -0.121. The minimum Gasteiger partial charge on any atom is -0.379 e. The monoisotopic (exact) mass is 283 g/mol. The Morgan fingerprint density at radius 1 is 1.50 bits per heavy atom. The maximum Gasteiger partial charge on any atom is 0.267 e. The van der Waals surface area contributed by atoms with Gasteiger partial charge in [0.1, 0.15) is 5.71 Å². The van der Waals surface area contributed by atoms with E-state index in [4.69, 9.17) is 9.47 Å². The summed E-state index contributed by atoms with van der Waals surface area (Å²) >= 11 is 0. The average Bonchev–Trinajstić information content (AvgIpc) is 2.96. The molecule has 0 aromatic rings. The molecule has 0 radical (unpaired) electrons. The van der Waals surface area contributed by atoms with Crippen LogP contribution < -0.4 is 10.7 Å². The quantitative estimate of drug-likeness (QED) is 0.641. The van der Waals surface area contributed by atoms with E-state index in [2.05, 4.69) is 15.8 Å². The first-order valence-corrected chi connectivity index (χ1v) is 7.08. The van der Waals surface area contributed by atoms with Crippen LogP contribution in [-0.2, 0) is 19.1 Å². The van der Waals surface area contributed by atoms with Crippen molar-refractivity contribution >= 4 is 17.5 Å². The van der Waals surface area contributed by atoms with Crippen LogP contribution in [0.25, 0.3) is 0 Å². The van der Waals surface area contributed by atoms with Gasteiger partial charge in [-0.1, -0.05) is 0 Å². The number of ether oxygens (including phenoxy) is 2. The van der Waals surface area contributed by atoms with Crippen molar-refractivity contribution in [1.29, 1.82) is 0 Å². The van der Waals surface area contributed by atoms with Crippen LogP contribution in [0.4, 0.5) is 0 Å². The number of nitrogens with zero attached hydrogens (tertiary/aromatic N) is 1. The van der Waals surface area contributed by atoms with Gasteiger partial charge >= 0.3 is 0 Å². The van der Waals surface area contributed by atoms with Gasteiger partial charge in [0.05, 0.1) is 12.7 Å². The van der Waals surface area contributed by atoms with Gasteiger partial charge in [-0.05, 0) is 19.3 Å². The molecule has 112 valence electrons. The summed E-state index contributed by atoms with van der Waals surface area (Å²) in [5.74, 6) is -0.367. The summed E-state index contributed by atoms with van der Waals surface area (Å²) in [6.07, 6.45) is 3.89. The highest BCUT2D eigenvalue weighted by Crippen LogP contribution is 2.11. The molecule has 2 aliphatic heterocycles. The van der Waals surface area contributed by atoms with E-state index >= 15 is 0 Å². The zero-order valence-corrected chi connectivity index (χ0v) is 11.5. The molecule has 7 heteroatoms. The summed E-state index contributed by atoms with van der Waals surface area (Å²) in [5, 5.41) is 6.50. The Labute approximate surface area is 118 Å². The van der Waals surface area contributed by atoms with Crippen molar-refractivity contribution in [2.24, 2.45) is 5.10 Å². The second-order valence-corrected chi connectivity index (χ2v) is 4.91. The molecule has 7 nitrogen and oxygen atoms in total. The van der Waals surface area contributed by atoms with Crippen LogP contribution in [0.3, 0.4) is 0 Å². The molecule has 2 aliphatic rings. The SMILES string of the molecule is O=C1CCC(C(=O)NCCCOC[C@H]2CCCO2)=NN1. The summed E-state index contributed by atoms with van der Waals surface area (Å²) in [7, 11) is 0. The summed E-state index contributed by atoms with van der Waals surface area (Å²) in [6, 6.07) is 0. The molecule has 0 aromatic carbocycles. The van der Waals surface area contributed by atoms with Gasteiger partial charge in [0.25, 0.3) is 5.91 Å². The zero-order chi connectivity index (χ0) is 14.2. The molecule has 1 atom stereocenters. The topological polar surface area (TPSA) is 89.0 Å². The van der Waals surface area contributed by atoms with Crippen LogP contribution in [0, 0.1) is 0 Å². The number of hydrogen-bond donors (Lipinski definition) is 2. The fourth-order valence-corrected chi connectivity index (χ4v) is 2.11. The highest BCUT2D eigenvalue weighted by Gasteiger charge is 2.18. The van der Waals surface area contributed by atoms with Crippen molar-refractivity contribution in [1.82, 2.24) is 10.7 Å². The lowest BCUT2D eigenvalue weighted by atomic mass is 10.1. The molecule has 2 rings (SSSR count). The fraction of sp³-hybridized carbons (Fsp3) is 0.769. The average molecular weight is 283 g/mol. The lowest BCUT2D eigenvalue weighted by Crippen LogP contribution is -2.37. The van der Waals surface area contributed by atoms with Crippen LogP contribution in [-0.4, -0.2) is 50.0 Å². The van der Waals surface area contributed by atoms with E-state index in [0.717, 1.165) is 25.9 Å². The maximum atomic E-state index is 11.7. The zero-order valence-electron chi connectivity index (χ0n) is 11.5. The molecular weight excluding hydrogens is 262 g/mol. The standard InChI is InChI=1S/C13H21N3O4/c17-12-5-4-11(15-16-12)13(18)14-6-2-7-19-9-10-3-1-8-20-10/h10H,1-9H2,(H,14,18)(H,16,17)/t10-/m1/s1. The lowest BCUT2D eigenvalue weighted by Gasteiger charge is -2.12. The Hall–Kier alpha value is -1.47. The van der Waals surface area contributed by atoms with E-state index in [9.17, 15) is 9.59 Å². The molecule has 2 N–H and O–H groups in total. The van der Waals surface area contributed by atoms with Crippen molar-refractivity contribution in [3.8, 4) is 0 Å². The predicted octanol–water partition coefficient (Wildman–Crippen LogP) is -0.0457. The van der Waals surface area contributed by atoms with Gasteiger partial charge in [-0.3, -0.25) is 9.59 Å². The normalized spacial score (nSPS) is 22.3. The number of nitrogens with one attached hydrogen (secondary N) is 2. The van der Waals surface area contributed by atoms with Gasteiger partial charge < -0.3 is 14.8 Å². The van der Waals surface area contributed by atoms with Gasteiger partial charge in [-0.25, -0.2) is 5.43 Å². The Kier molecular flexibility index (Phi) is 5.94. The summed E-state index contributed by atoms with van der Waals surface area (Å²) < 4.78 is 10.9. The van der Waals surface area contributed by atoms with Crippen molar-refractivity contribution in [2.75, 3.05) is 26.4 Å². The number of hydrazone groups is 1. The summed E-state index contributed by atoms with van der Waals surface area (Å²) in [5.41, 5.74) is 2.68. The number of carbonyl (C=O) groups excluding carboxylic acids is 2. The van der Waals surface area contributed by atoms with Crippen LogP contribution in [0.2, 0.25) is 0 Å². The molecule has 0 aromatic heterocycles. The molecule has 0 spiro atoms. The molecule has 0 saturated carbocycles. The smallest absolute Gasteiger partial charge is 0.267 e. The van der Waals surface area contributed by atoms with E-state index in [1.54, 1.807) is 0 Å². The predicted molar refractivity (Wildman–Crippen MR) is 72.2 cm³/mol. The molecule has 1 fully saturated rings. The summed E-state index contributed by atoms with van der Waals surface area (Å²) in [6.45, 7) is 2.61. The minimum absolute atomic E-state index is 0.149. The van der Waals surface area contributed by atoms with Crippen molar-refractivity contribution in [2.45, 2.75) is 38.2 Å². The molecule has 0 unspecified atom stereocenters. The largest absolute Gasteiger partial charge is 0.379 e. The highest BCUT2D eigenvalue weighted by molar-refractivity contribution is 6.39. The summed E-state index contributed by atoms with van der Waals surface area (Å²) in [4.78, 5) is 22.6. The second-order valence-electron chi connectivity index (χ2n) is 4.91. The van der Waals surface area contributed by atoms with Crippen LogP contribution >= 0.6 is 0 Å². The number of rotatable bonds is 7. The van der Waals surface area contributed by atoms with Crippen LogP contribution in [0.1, 0.15) is 32.1 Å². The number of carbonyl (C=O) groups is 2. The van der Waals surface area contributed by atoms with Crippen molar-refractivity contribution in [3.63, 3.8) is 0 Å². The third kappa shape index (κ3) is 4.90. The van der Waals surface area contributed by atoms with E-state index in [-0.39, 0.29) is 17.9 Å². The Balaban J connectivity index is 1.50. The molecule has 0 bridgehead atoms. The first-order chi connectivity index (χ1) is 9.75. The van der Waals surface area contributed by atoms with Crippen LogP contribution in [0.5, 0.6) is 0 Å². The Morgan fingerprint density at radius 2 is 2.40 bits per heavy atom. The molecule has 2 amide bonds. The van der Waals surface area contributed by atoms with E-state index in [0.29, 0.717) is 38.3 Å². The maximum absolute atomic E-state index is 11.7. The Bertz CT molecular complexity index is 378. The van der Waals surface area contributed by atoms with E-state index in [1.807, 2.05) is 0 Å². The minimum atomic E-state index is -0.218. The van der Waals surface area contributed by atoms with Crippen molar-refractivity contribution in [3.05, 3.63) is 0 Å². The first-order valence-electron chi connectivity index (χ1n) is 7.08. The second kappa shape index (κ2) is 7.96. The number of hydrogen-bond acceptors (Lipinski definition) is 5. The van der Waals surface area contributed by atoms with Gasteiger partial charge in [0.15, 0.2) is 0 Å². The third-order valence-corrected chi connectivity index (χ3v) is 3.25. The van der Waals surface area contributed by atoms with Crippen molar-refractivity contribution < 1.29 is 19.1 Å². The van der Waals surface area contributed by atoms with Gasteiger partial charge in [0, 0.05) is 32.6 Å². The van der Waals surface area contributed by atoms with E-state index < -0.39 is 0 Å². The molecule has 1 saturated heterocycles. The third-order valence-electron chi connectivity index (χ3n) is 3.25. The molecule has 20 heavy (non-hydrogen) atoms. The highest BCUT2D eigenvalue weighted by atomic mass is 16.5.